The molecule has 0 N–H and O–H groups in total. The first-order chi connectivity index (χ1) is 12.7. The fraction of sp³-hybridized carbons (Fsp3) is 0.174. The molecule has 3 nitrogen and oxygen atoms in total. The highest BCUT2D eigenvalue weighted by Crippen LogP contribution is 2.30. The number of para-hydroxylation sites is 2. The summed E-state index contributed by atoms with van der Waals surface area (Å²) in [5.74, 6) is 4.77. The molecular formula is C23H20N2O. The van der Waals surface area contributed by atoms with E-state index in [-0.39, 0.29) is 5.92 Å². The minimum Gasteiger partial charge on any atom is -0.497 e. The fourth-order valence-electron chi connectivity index (χ4n) is 3.47. The Morgan fingerprint density at radius 2 is 1.85 bits per heavy atom. The number of methoxy groups -OCH3 is 1. The highest BCUT2D eigenvalue weighted by Gasteiger charge is 2.18. The highest BCUT2D eigenvalue weighted by atomic mass is 16.5. The van der Waals surface area contributed by atoms with Gasteiger partial charge in [-0.25, -0.2) is 4.98 Å². The van der Waals surface area contributed by atoms with Gasteiger partial charge in [-0.15, -0.1) is 6.42 Å². The van der Waals surface area contributed by atoms with Crippen molar-refractivity contribution < 1.29 is 4.74 Å². The number of benzene rings is 3. The first kappa shape index (κ1) is 16.2. The number of terminal acetylenes is 1. The number of nitrogens with zero attached hydrogens (tertiary/aromatic N) is 2. The van der Waals surface area contributed by atoms with Crippen molar-refractivity contribution in [2.75, 3.05) is 7.11 Å². The lowest BCUT2D eigenvalue weighted by molar-refractivity contribution is 0.415. The summed E-state index contributed by atoms with van der Waals surface area (Å²) < 4.78 is 7.45. The lowest BCUT2D eigenvalue weighted by Gasteiger charge is -2.14. The van der Waals surface area contributed by atoms with Crippen molar-refractivity contribution in [2.45, 2.75) is 19.4 Å². The van der Waals surface area contributed by atoms with E-state index in [0.717, 1.165) is 28.0 Å². The number of aromatic nitrogens is 2. The van der Waals surface area contributed by atoms with E-state index in [1.54, 1.807) is 7.11 Å². The summed E-state index contributed by atoms with van der Waals surface area (Å²) in [5, 5.41) is 2.35. The third kappa shape index (κ3) is 2.70. The summed E-state index contributed by atoms with van der Waals surface area (Å²) in [4.78, 5) is 4.86. The molecule has 1 aromatic heterocycles. The van der Waals surface area contributed by atoms with Crippen LogP contribution in [0.4, 0.5) is 0 Å². The molecule has 0 spiro atoms. The van der Waals surface area contributed by atoms with Crippen LogP contribution in [0.1, 0.15) is 24.2 Å². The SMILES string of the molecule is C#CCn1c(C(C)c2ccc3cc(OC)ccc3c2)nc2ccccc21. The minimum atomic E-state index is 0.141. The lowest BCUT2D eigenvalue weighted by atomic mass is 9.97. The van der Waals surface area contributed by atoms with Crippen LogP contribution in [0.5, 0.6) is 5.75 Å². The van der Waals surface area contributed by atoms with Gasteiger partial charge in [-0.05, 0) is 40.6 Å². The average Bonchev–Trinajstić information content (AvgIpc) is 3.05. The van der Waals surface area contributed by atoms with Gasteiger partial charge in [-0.2, -0.15) is 0 Å². The predicted octanol–water partition coefficient (Wildman–Crippen LogP) is 4.98. The lowest BCUT2D eigenvalue weighted by Crippen LogP contribution is -2.07. The topological polar surface area (TPSA) is 27.1 Å². The molecule has 26 heavy (non-hydrogen) atoms. The molecule has 3 heteroatoms. The molecule has 4 aromatic rings. The Morgan fingerprint density at radius 1 is 1.08 bits per heavy atom. The van der Waals surface area contributed by atoms with Gasteiger partial charge >= 0.3 is 0 Å². The Morgan fingerprint density at radius 3 is 2.65 bits per heavy atom. The Kier molecular flexibility index (Phi) is 4.10. The molecule has 1 atom stereocenters. The number of ether oxygens (including phenoxy) is 1. The largest absolute Gasteiger partial charge is 0.497 e. The summed E-state index contributed by atoms with van der Waals surface area (Å²) in [6.07, 6.45) is 5.61. The van der Waals surface area contributed by atoms with E-state index in [9.17, 15) is 0 Å². The first-order valence-corrected chi connectivity index (χ1v) is 8.67. The molecule has 0 aliphatic carbocycles. The van der Waals surface area contributed by atoms with E-state index in [0.29, 0.717) is 6.54 Å². The predicted molar refractivity (Wildman–Crippen MR) is 107 cm³/mol. The van der Waals surface area contributed by atoms with Crippen LogP contribution in [-0.4, -0.2) is 16.7 Å². The molecule has 0 amide bonds. The molecule has 4 rings (SSSR count). The van der Waals surface area contributed by atoms with Gasteiger partial charge in [0.15, 0.2) is 0 Å². The maximum absolute atomic E-state index is 5.61. The van der Waals surface area contributed by atoms with Crippen LogP contribution in [0.15, 0.2) is 60.7 Å². The fourth-order valence-corrected chi connectivity index (χ4v) is 3.47. The third-order valence-electron chi connectivity index (χ3n) is 4.89. The van der Waals surface area contributed by atoms with E-state index >= 15 is 0 Å². The van der Waals surface area contributed by atoms with E-state index in [1.165, 1.54) is 10.9 Å². The third-order valence-corrected chi connectivity index (χ3v) is 4.89. The summed E-state index contributed by atoms with van der Waals surface area (Å²) in [7, 11) is 1.69. The van der Waals surface area contributed by atoms with Gasteiger partial charge < -0.3 is 9.30 Å². The summed E-state index contributed by atoms with van der Waals surface area (Å²) in [6, 6.07) is 20.8. The number of hydrogen-bond donors (Lipinski definition) is 0. The van der Waals surface area contributed by atoms with Gasteiger partial charge in [0.1, 0.15) is 11.6 Å². The van der Waals surface area contributed by atoms with Crippen molar-refractivity contribution in [1.29, 1.82) is 0 Å². The zero-order chi connectivity index (χ0) is 18.1. The quantitative estimate of drug-likeness (QED) is 0.490. The standard InChI is InChI=1S/C23H20N2O/c1-4-13-25-22-8-6-5-7-21(22)24-23(25)16(2)17-9-10-19-15-20(26-3)12-11-18(19)14-17/h1,5-12,14-16H,13H2,2-3H3. The molecule has 1 unspecified atom stereocenters. The smallest absolute Gasteiger partial charge is 0.119 e. The number of fused-ring (bicyclic) bond motifs is 2. The zero-order valence-corrected chi connectivity index (χ0v) is 14.9. The maximum Gasteiger partial charge on any atom is 0.119 e. The molecular weight excluding hydrogens is 320 g/mol. The summed E-state index contributed by atoms with van der Waals surface area (Å²) in [5.41, 5.74) is 3.28. The van der Waals surface area contributed by atoms with E-state index in [2.05, 4.69) is 53.8 Å². The molecule has 0 bridgehead atoms. The second-order valence-electron chi connectivity index (χ2n) is 6.44. The van der Waals surface area contributed by atoms with Crippen molar-refractivity contribution in [1.82, 2.24) is 9.55 Å². The zero-order valence-electron chi connectivity index (χ0n) is 14.9. The number of imidazole rings is 1. The Bertz CT molecular complexity index is 1130. The highest BCUT2D eigenvalue weighted by molar-refractivity contribution is 5.85. The molecule has 128 valence electrons. The van der Waals surface area contributed by atoms with E-state index in [4.69, 9.17) is 16.1 Å². The van der Waals surface area contributed by atoms with Crippen LogP contribution in [-0.2, 0) is 6.54 Å². The molecule has 0 aliphatic heterocycles. The molecule has 0 saturated carbocycles. The number of rotatable bonds is 4. The van der Waals surface area contributed by atoms with Crippen molar-refractivity contribution in [3.8, 4) is 18.1 Å². The number of hydrogen-bond acceptors (Lipinski definition) is 2. The van der Waals surface area contributed by atoms with Gasteiger partial charge in [0.25, 0.3) is 0 Å². The van der Waals surface area contributed by atoms with Crippen LogP contribution < -0.4 is 4.74 Å². The van der Waals surface area contributed by atoms with Crippen LogP contribution in [0.3, 0.4) is 0 Å². The molecule has 1 heterocycles. The van der Waals surface area contributed by atoms with Crippen LogP contribution in [0.2, 0.25) is 0 Å². The monoisotopic (exact) mass is 340 g/mol. The van der Waals surface area contributed by atoms with Crippen molar-refractivity contribution in [3.05, 3.63) is 72.1 Å². The van der Waals surface area contributed by atoms with E-state index in [1.807, 2.05) is 24.3 Å². The van der Waals surface area contributed by atoms with Gasteiger partial charge in [0.05, 0.1) is 24.7 Å². The second-order valence-corrected chi connectivity index (χ2v) is 6.44. The van der Waals surface area contributed by atoms with Gasteiger partial charge in [-0.3, -0.25) is 0 Å². The molecule has 0 radical (unpaired) electrons. The van der Waals surface area contributed by atoms with Crippen molar-refractivity contribution in [2.24, 2.45) is 0 Å². The Hall–Kier alpha value is -3.25. The van der Waals surface area contributed by atoms with Crippen LogP contribution >= 0.6 is 0 Å². The first-order valence-electron chi connectivity index (χ1n) is 8.67. The normalized spacial score (nSPS) is 12.2. The minimum absolute atomic E-state index is 0.141. The summed E-state index contributed by atoms with van der Waals surface area (Å²) in [6.45, 7) is 2.70. The van der Waals surface area contributed by atoms with Gasteiger partial charge in [-0.1, -0.05) is 49.2 Å². The molecule has 0 aliphatic rings. The summed E-state index contributed by atoms with van der Waals surface area (Å²) >= 11 is 0. The molecule has 0 fully saturated rings. The second kappa shape index (κ2) is 6.57. The van der Waals surface area contributed by atoms with Crippen LogP contribution in [0, 0.1) is 12.3 Å². The maximum atomic E-state index is 5.61. The van der Waals surface area contributed by atoms with E-state index < -0.39 is 0 Å². The Labute approximate surface area is 153 Å². The average molecular weight is 340 g/mol. The van der Waals surface area contributed by atoms with Crippen LogP contribution in [0.25, 0.3) is 21.8 Å². The Balaban J connectivity index is 1.81. The van der Waals surface area contributed by atoms with Crippen molar-refractivity contribution in [3.63, 3.8) is 0 Å². The molecule has 3 aromatic carbocycles. The molecule has 0 saturated heterocycles. The van der Waals surface area contributed by atoms with Gasteiger partial charge in [0, 0.05) is 5.92 Å². The van der Waals surface area contributed by atoms with Gasteiger partial charge in [0.2, 0.25) is 0 Å². The van der Waals surface area contributed by atoms with Crippen molar-refractivity contribution >= 4 is 21.8 Å².